The highest BCUT2D eigenvalue weighted by molar-refractivity contribution is 9.10. The van der Waals surface area contributed by atoms with Crippen molar-refractivity contribution in [2.24, 2.45) is 0 Å². The number of anilines is 1. The Morgan fingerprint density at radius 3 is 2.76 bits per heavy atom. The van der Waals surface area contributed by atoms with Crippen molar-refractivity contribution in [1.82, 2.24) is 20.1 Å². The van der Waals surface area contributed by atoms with Gasteiger partial charge in [-0.25, -0.2) is 0 Å². The summed E-state index contributed by atoms with van der Waals surface area (Å²) in [5.41, 5.74) is 2.19. The molecule has 7 nitrogen and oxygen atoms in total. The molecule has 2 amide bonds. The molecule has 0 radical (unpaired) electrons. The normalized spacial score (nSPS) is 11.6. The number of aromatic nitrogens is 3. The molecule has 3 aromatic rings. The van der Waals surface area contributed by atoms with Gasteiger partial charge < -0.3 is 15.2 Å². The molecule has 10 heteroatoms. The van der Waals surface area contributed by atoms with E-state index in [-0.39, 0.29) is 17.6 Å². The van der Waals surface area contributed by atoms with E-state index in [1.54, 1.807) is 30.3 Å². The first kappa shape index (κ1) is 25.0. The Labute approximate surface area is 210 Å². The summed E-state index contributed by atoms with van der Waals surface area (Å²) in [6.45, 7) is 8.02. The van der Waals surface area contributed by atoms with Crippen molar-refractivity contribution in [3.05, 3.63) is 81.6 Å². The summed E-state index contributed by atoms with van der Waals surface area (Å²) in [6, 6.07) is 12.2. The van der Waals surface area contributed by atoms with E-state index in [2.05, 4.69) is 43.3 Å². The Morgan fingerprint density at radius 2 is 2.06 bits per heavy atom. The van der Waals surface area contributed by atoms with Crippen LogP contribution in [0.4, 0.5) is 5.69 Å². The summed E-state index contributed by atoms with van der Waals surface area (Å²) in [7, 11) is 0. The van der Waals surface area contributed by atoms with Crippen molar-refractivity contribution < 1.29 is 9.59 Å². The van der Waals surface area contributed by atoms with E-state index in [1.165, 1.54) is 11.8 Å². The van der Waals surface area contributed by atoms with Crippen LogP contribution in [-0.2, 0) is 11.3 Å². The maximum absolute atomic E-state index is 12.6. The highest BCUT2D eigenvalue weighted by Gasteiger charge is 2.20. The highest BCUT2D eigenvalue weighted by Crippen LogP contribution is 2.26. The molecular weight excluding hydrogens is 526 g/mol. The molecule has 1 atom stereocenters. The fraction of sp³-hybridized carbons (Fsp3) is 0.217. The third kappa shape index (κ3) is 6.69. The van der Waals surface area contributed by atoms with Gasteiger partial charge in [-0.05, 0) is 60.1 Å². The standard InChI is InChI=1S/C23H23BrClN5O2S/c1-4-10-30-21(15(3)26-22(32)16-7-5-6-14(2)11-16)28-29-23(30)33-13-20(31)27-17-8-9-18(24)19(25)12-17/h4-9,11-12,15H,1,10,13H2,2-3H3,(H,26,32)(H,27,31)/t15-/m0/s1. The average molecular weight is 549 g/mol. The van der Waals surface area contributed by atoms with Crippen molar-refractivity contribution in [3.8, 4) is 0 Å². The topological polar surface area (TPSA) is 88.9 Å². The summed E-state index contributed by atoms with van der Waals surface area (Å²) >= 11 is 10.7. The van der Waals surface area contributed by atoms with Crippen LogP contribution in [0.3, 0.4) is 0 Å². The lowest BCUT2D eigenvalue weighted by Crippen LogP contribution is -2.28. The van der Waals surface area contributed by atoms with E-state index >= 15 is 0 Å². The SMILES string of the molecule is C=CCn1c(SCC(=O)Nc2ccc(Br)c(Cl)c2)nnc1[C@H](C)NC(=O)c1cccc(C)c1. The van der Waals surface area contributed by atoms with Gasteiger partial charge in [0.1, 0.15) is 0 Å². The van der Waals surface area contributed by atoms with Crippen LogP contribution in [0.25, 0.3) is 0 Å². The van der Waals surface area contributed by atoms with E-state index in [1.807, 2.05) is 36.6 Å². The lowest BCUT2D eigenvalue weighted by molar-refractivity contribution is -0.113. The first-order chi connectivity index (χ1) is 15.8. The van der Waals surface area contributed by atoms with Crippen LogP contribution in [0, 0.1) is 6.92 Å². The second-order valence-electron chi connectivity index (χ2n) is 7.27. The number of benzene rings is 2. The summed E-state index contributed by atoms with van der Waals surface area (Å²) in [4.78, 5) is 25.0. The second kappa shape index (κ2) is 11.5. The van der Waals surface area contributed by atoms with Gasteiger partial charge in [0.15, 0.2) is 11.0 Å². The van der Waals surface area contributed by atoms with Gasteiger partial charge in [-0.1, -0.05) is 47.1 Å². The predicted molar refractivity (Wildman–Crippen MR) is 136 cm³/mol. The first-order valence-corrected chi connectivity index (χ1v) is 12.2. The fourth-order valence-corrected chi connectivity index (χ4v) is 4.24. The molecular formula is C23H23BrClN5O2S. The lowest BCUT2D eigenvalue weighted by atomic mass is 10.1. The average Bonchev–Trinajstić information content (AvgIpc) is 3.18. The van der Waals surface area contributed by atoms with Crippen molar-refractivity contribution in [1.29, 1.82) is 0 Å². The van der Waals surface area contributed by atoms with Crippen LogP contribution >= 0.6 is 39.3 Å². The molecule has 172 valence electrons. The van der Waals surface area contributed by atoms with Crippen LogP contribution in [0.2, 0.25) is 5.02 Å². The molecule has 0 aliphatic carbocycles. The molecule has 33 heavy (non-hydrogen) atoms. The molecule has 1 aromatic heterocycles. The fourth-order valence-electron chi connectivity index (χ4n) is 3.06. The smallest absolute Gasteiger partial charge is 0.251 e. The van der Waals surface area contributed by atoms with Crippen molar-refractivity contribution in [3.63, 3.8) is 0 Å². The number of hydrogen-bond donors (Lipinski definition) is 2. The number of halogens is 2. The molecule has 0 saturated heterocycles. The maximum atomic E-state index is 12.6. The molecule has 1 heterocycles. The Hall–Kier alpha value is -2.62. The number of carbonyl (C=O) groups is 2. The Balaban J connectivity index is 1.66. The monoisotopic (exact) mass is 547 g/mol. The number of hydrogen-bond acceptors (Lipinski definition) is 5. The number of carbonyl (C=O) groups excluding carboxylic acids is 2. The minimum Gasteiger partial charge on any atom is -0.342 e. The van der Waals surface area contributed by atoms with Crippen LogP contribution in [-0.4, -0.2) is 32.3 Å². The number of allylic oxidation sites excluding steroid dienone is 1. The Bertz CT molecular complexity index is 1180. The Kier molecular flexibility index (Phi) is 8.71. The van der Waals surface area contributed by atoms with Gasteiger partial charge in [0.05, 0.1) is 16.8 Å². The first-order valence-electron chi connectivity index (χ1n) is 10.1. The third-order valence-electron chi connectivity index (χ3n) is 4.61. The minimum absolute atomic E-state index is 0.132. The predicted octanol–water partition coefficient (Wildman–Crippen LogP) is 5.41. The van der Waals surface area contributed by atoms with Gasteiger partial charge in [0.2, 0.25) is 5.91 Å². The third-order valence-corrected chi connectivity index (χ3v) is 6.81. The van der Waals surface area contributed by atoms with E-state index in [4.69, 9.17) is 11.6 Å². The van der Waals surface area contributed by atoms with Gasteiger partial charge >= 0.3 is 0 Å². The number of rotatable bonds is 9. The van der Waals surface area contributed by atoms with Gasteiger partial charge in [0, 0.05) is 22.3 Å². The number of nitrogens with zero attached hydrogens (tertiary/aromatic N) is 3. The largest absolute Gasteiger partial charge is 0.342 e. The van der Waals surface area contributed by atoms with Crippen molar-refractivity contribution in [2.75, 3.05) is 11.1 Å². The van der Waals surface area contributed by atoms with E-state index in [0.717, 1.165) is 10.0 Å². The molecule has 0 unspecified atom stereocenters. The molecule has 3 rings (SSSR count). The molecule has 2 N–H and O–H groups in total. The quantitative estimate of drug-likeness (QED) is 0.276. The summed E-state index contributed by atoms with van der Waals surface area (Å²) < 4.78 is 2.59. The Morgan fingerprint density at radius 1 is 1.27 bits per heavy atom. The van der Waals surface area contributed by atoms with Crippen LogP contribution < -0.4 is 10.6 Å². The minimum atomic E-state index is -0.390. The van der Waals surface area contributed by atoms with Gasteiger partial charge in [-0.2, -0.15) is 0 Å². The molecule has 0 aliphatic heterocycles. The van der Waals surface area contributed by atoms with Crippen molar-refractivity contribution >= 4 is 56.8 Å². The van der Waals surface area contributed by atoms with Crippen molar-refractivity contribution in [2.45, 2.75) is 31.6 Å². The maximum Gasteiger partial charge on any atom is 0.251 e. The van der Waals surface area contributed by atoms with E-state index in [9.17, 15) is 9.59 Å². The number of nitrogens with one attached hydrogen (secondary N) is 2. The zero-order valence-electron chi connectivity index (χ0n) is 18.1. The van der Waals surface area contributed by atoms with E-state index in [0.29, 0.717) is 33.8 Å². The number of thioether (sulfide) groups is 1. The van der Waals surface area contributed by atoms with Gasteiger partial charge in [-0.3, -0.25) is 9.59 Å². The zero-order valence-corrected chi connectivity index (χ0v) is 21.3. The number of amides is 2. The molecule has 0 aliphatic rings. The summed E-state index contributed by atoms with van der Waals surface area (Å²) in [6.07, 6.45) is 1.72. The molecule has 0 bridgehead atoms. The second-order valence-corrected chi connectivity index (χ2v) is 9.47. The zero-order chi connectivity index (χ0) is 24.0. The molecule has 0 saturated carbocycles. The van der Waals surface area contributed by atoms with Gasteiger partial charge in [-0.15, -0.1) is 16.8 Å². The van der Waals surface area contributed by atoms with Crippen LogP contribution in [0.15, 0.2) is 64.7 Å². The summed E-state index contributed by atoms with van der Waals surface area (Å²) in [5, 5.41) is 15.3. The lowest BCUT2D eigenvalue weighted by Gasteiger charge is -2.15. The molecule has 0 spiro atoms. The van der Waals surface area contributed by atoms with E-state index < -0.39 is 6.04 Å². The molecule has 0 fully saturated rings. The van der Waals surface area contributed by atoms with Crippen LogP contribution in [0.5, 0.6) is 0 Å². The number of aryl methyl sites for hydroxylation is 1. The highest BCUT2D eigenvalue weighted by atomic mass is 79.9. The molecule has 2 aromatic carbocycles. The van der Waals surface area contributed by atoms with Gasteiger partial charge in [0.25, 0.3) is 5.91 Å². The summed E-state index contributed by atoms with van der Waals surface area (Å²) in [5.74, 6) is 0.320. The van der Waals surface area contributed by atoms with Crippen LogP contribution in [0.1, 0.15) is 34.7 Å².